The number of nitrogens with zero attached hydrogens (tertiary/aromatic N) is 2. The maximum Gasteiger partial charge on any atom is 0.244 e. The lowest BCUT2D eigenvalue weighted by Crippen LogP contribution is -2.36. The third kappa shape index (κ3) is 2.10. The molecule has 20 heavy (non-hydrogen) atoms. The van der Waals surface area contributed by atoms with E-state index in [1.54, 1.807) is 23.0 Å². The van der Waals surface area contributed by atoms with Gasteiger partial charge in [0.05, 0.1) is 4.90 Å². The lowest BCUT2D eigenvalue weighted by atomic mass is 9.99. The highest BCUT2D eigenvalue weighted by Crippen LogP contribution is 2.27. The Morgan fingerprint density at radius 1 is 1.25 bits per heavy atom. The molecule has 5 nitrogen and oxygen atoms in total. The van der Waals surface area contributed by atoms with Crippen LogP contribution in [0.5, 0.6) is 0 Å². The molecule has 1 aliphatic rings. The number of sulfonamides is 1. The molecule has 6 heteroatoms. The second kappa shape index (κ2) is 4.64. The van der Waals surface area contributed by atoms with Crippen molar-refractivity contribution in [3.05, 3.63) is 47.8 Å². The third-order valence-electron chi connectivity index (χ3n) is 3.71. The molecule has 0 amide bonds. The van der Waals surface area contributed by atoms with Crippen molar-refractivity contribution in [2.75, 3.05) is 12.3 Å². The number of fused-ring (bicyclic) bond motifs is 1. The summed E-state index contributed by atoms with van der Waals surface area (Å²) in [6, 6.07) is 7.30. The fourth-order valence-electron chi connectivity index (χ4n) is 2.60. The van der Waals surface area contributed by atoms with Crippen LogP contribution in [-0.4, -0.2) is 23.8 Å². The maximum absolute atomic E-state index is 12.6. The summed E-state index contributed by atoms with van der Waals surface area (Å²) in [7, 11) is -1.61. The summed E-state index contributed by atoms with van der Waals surface area (Å²) in [5.74, 6) is 0. The van der Waals surface area contributed by atoms with E-state index in [-0.39, 0.29) is 0 Å². The Labute approximate surface area is 118 Å². The molecule has 0 fully saturated rings. The molecule has 0 atom stereocenters. The normalized spacial score (nSPS) is 16.1. The first-order valence-corrected chi connectivity index (χ1v) is 7.91. The van der Waals surface area contributed by atoms with Gasteiger partial charge in [0.2, 0.25) is 10.0 Å². The number of nitrogens with two attached hydrogens (primary N) is 1. The van der Waals surface area contributed by atoms with Gasteiger partial charge in [-0.15, -0.1) is 0 Å². The van der Waals surface area contributed by atoms with Crippen molar-refractivity contribution in [1.82, 2.24) is 8.87 Å². The van der Waals surface area contributed by atoms with E-state index in [0.717, 1.165) is 16.8 Å². The zero-order valence-electron chi connectivity index (χ0n) is 11.3. The topological polar surface area (TPSA) is 68.3 Å². The second-order valence-corrected chi connectivity index (χ2v) is 7.02. The Morgan fingerprint density at radius 2 is 2.05 bits per heavy atom. The van der Waals surface area contributed by atoms with Crippen molar-refractivity contribution in [1.29, 1.82) is 0 Å². The Morgan fingerprint density at radius 3 is 2.75 bits per heavy atom. The number of aryl methyl sites for hydroxylation is 1. The molecular formula is C14H17N3O2S. The van der Waals surface area contributed by atoms with Crippen LogP contribution < -0.4 is 5.73 Å². The first kappa shape index (κ1) is 13.2. The number of rotatable bonds is 2. The Balaban J connectivity index is 1.94. The van der Waals surface area contributed by atoms with E-state index in [1.807, 2.05) is 25.2 Å². The minimum Gasteiger partial charge on any atom is -0.398 e. The first-order valence-electron chi connectivity index (χ1n) is 6.47. The van der Waals surface area contributed by atoms with E-state index >= 15 is 0 Å². The molecule has 1 aromatic heterocycles. The van der Waals surface area contributed by atoms with Crippen LogP contribution in [0.3, 0.4) is 0 Å². The minimum atomic E-state index is -3.43. The summed E-state index contributed by atoms with van der Waals surface area (Å²) in [4.78, 5) is 0.340. The molecule has 0 radical (unpaired) electrons. The van der Waals surface area contributed by atoms with Crippen LogP contribution >= 0.6 is 0 Å². The van der Waals surface area contributed by atoms with Crippen LogP contribution in [0.1, 0.15) is 11.1 Å². The highest BCUT2D eigenvalue weighted by Gasteiger charge is 2.29. The van der Waals surface area contributed by atoms with Crippen LogP contribution in [0.25, 0.3) is 0 Å². The fraction of sp³-hybridized carbons (Fsp3) is 0.286. The van der Waals surface area contributed by atoms with Gasteiger partial charge in [-0.3, -0.25) is 0 Å². The van der Waals surface area contributed by atoms with Crippen molar-refractivity contribution >= 4 is 15.7 Å². The molecule has 0 saturated heterocycles. The quantitative estimate of drug-likeness (QED) is 0.849. The van der Waals surface area contributed by atoms with Gasteiger partial charge in [0.25, 0.3) is 0 Å². The molecule has 3 rings (SSSR count). The van der Waals surface area contributed by atoms with Crippen molar-refractivity contribution < 1.29 is 8.42 Å². The predicted molar refractivity (Wildman–Crippen MR) is 77.6 cm³/mol. The van der Waals surface area contributed by atoms with Gasteiger partial charge in [0.15, 0.2) is 0 Å². The van der Waals surface area contributed by atoms with Gasteiger partial charge in [-0.25, -0.2) is 8.42 Å². The number of benzene rings is 1. The molecule has 1 aromatic carbocycles. The van der Waals surface area contributed by atoms with Crippen molar-refractivity contribution in [3.8, 4) is 0 Å². The zero-order valence-corrected chi connectivity index (χ0v) is 12.1. The predicted octanol–water partition coefficient (Wildman–Crippen LogP) is 1.35. The monoisotopic (exact) mass is 291 g/mol. The van der Waals surface area contributed by atoms with Gasteiger partial charge in [0.1, 0.15) is 0 Å². The molecular weight excluding hydrogens is 274 g/mol. The van der Waals surface area contributed by atoms with Gasteiger partial charge in [-0.2, -0.15) is 4.31 Å². The van der Waals surface area contributed by atoms with Crippen LogP contribution in [-0.2, 0) is 30.0 Å². The lowest BCUT2D eigenvalue weighted by molar-refractivity contribution is 0.392. The molecule has 0 spiro atoms. The smallest absolute Gasteiger partial charge is 0.244 e. The molecule has 106 valence electrons. The highest BCUT2D eigenvalue weighted by molar-refractivity contribution is 7.89. The van der Waals surface area contributed by atoms with Gasteiger partial charge in [-0.05, 0) is 29.7 Å². The number of nitrogen functional groups attached to an aromatic ring is 1. The molecule has 0 saturated carbocycles. The van der Waals surface area contributed by atoms with Gasteiger partial charge in [0, 0.05) is 38.2 Å². The van der Waals surface area contributed by atoms with Crippen LogP contribution in [0.15, 0.2) is 41.6 Å². The summed E-state index contributed by atoms with van der Waals surface area (Å²) in [5.41, 5.74) is 8.76. The minimum absolute atomic E-state index is 0.340. The van der Waals surface area contributed by atoms with Gasteiger partial charge < -0.3 is 10.3 Å². The zero-order chi connectivity index (χ0) is 14.3. The number of hydrogen-bond acceptors (Lipinski definition) is 3. The molecule has 1 aliphatic heterocycles. The van der Waals surface area contributed by atoms with E-state index in [4.69, 9.17) is 5.73 Å². The highest BCUT2D eigenvalue weighted by atomic mass is 32.2. The number of anilines is 1. The Bertz CT molecular complexity index is 750. The van der Waals surface area contributed by atoms with Gasteiger partial charge in [-0.1, -0.05) is 12.1 Å². The van der Waals surface area contributed by atoms with E-state index in [2.05, 4.69) is 0 Å². The summed E-state index contributed by atoms with van der Waals surface area (Å²) in [6.07, 6.45) is 4.03. The first-order chi connectivity index (χ1) is 9.48. The molecule has 0 unspecified atom stereocenters. The van der Waals surface area contributed by atoms with E-state index in [0.29, 0.717) is 24.4 Å². The number of aromatic nitrogens is 1. The SMILES string of the molecule is Cn1ccc(S(=O)(=O)N2CCc3c(N)cccc3C2)c1. The standard InChI is InChI=1S/C14H17N3O2S/c1-16-7-5-12(10-16)20(18,19)17-8-6-13-11(9-17)3-2-4-14(13)15/h2-5,7,10H,6,8-9,15H2,1H3. The van der Waals surface area contributed by atoms with Crippen molar-refractivity contribution in [2.45, 2.75) is 17.9 Å². The van der Waals surface area contributed by atoms with E-state index < -0.39 is 10.0 Å². The van der Waals surface area contributed by atoms with Gasteiger partial charge >= 0.3 is 0 Å². The average molecular weight is 291 g/mol. The summed E-state index contributed by atoms with van der Waals surface area (Å²) >= 11 is 0. The summed E-state index contributed by atoms with van der Waals surface area (Å²) < 4.78 is 28.4. The molecule has 2 heterocycles. The van der Waals surface area contributed by atoms with E-state index in [1.165, 1.54) is 4.31 Å². The van der Waals surface area contributed by atoms with Crippen molar-refractivity contribution in [2.24, 2.45) is 7.05 Å². The number of hydrogen-bond donors (Lipinski definition) is 1. The summed E-state index contributed by atoms with van der Waals surface area (Å²) in [6.45, 7) is 0.857. The second-order valence-electron chi connectivity index (χ2n) is 5.09. The maximum atomic E-state index is 12.6. The van der Waals surface area contributed by atoms with Crippen LogP contribution in [0.2, 0.25) is 0 Å². The molecule has 0 aliphatic carbocycles. The Hall–Kier alpha value is -1.79. The third-order valence-corrected chi connectivity index (χ3v) is 5.54. The fourth-order valence-corrected chi connectivity index (χ4v) is 4.07. The molecule has 0 bridgehead atoms. The average Bonchev–Trinajstić information content (AvgIpc) is 2.86. The summed E-state index contributed by atoms with van der Waals surface area (Å²) in [5, 5.41) is 0. The van der Waals surface area contributed by atoms with Crippen LogP contribution in [0, 0.1) is 0 Å². The molecule has 2 N–H and O–H groups in total. The lowest BCUT2D eigenvalue weighted by Gasteiger charge is -2.28. The Kier molecular flexibility index (Phi) is 3.07. The van der Waals surface area contributed by atoms with E-state index in [9.17, 15) is 8.42 Å². The van der Waals surface area contributed by atoms with Crippen molar-refractivity contribution in [3.63, 3.8) is 0 Å². The van der Waals surface area contributed by atoms with Crippen LogP contribution in [0.4, 0.5) is 5.69 Å². The molecule has 2 aromatic rings. The largest absolute Gasteiger partial charge is 0.398 e.